The Morgan fingerprint density at radius 3 is 2.43 bits per heavy atom. The van der Waals surface area contributed by atoms with Gasteiger partial charge in [-0.25, -0.2) is 4.79 Å². The van der Waals surface area contributed by atoms with Crippen LogP contribution in [0.5, 0.6) is 0 Å². The predicted molar refractivity (Wildman–Crippen MR) is 187 cm³/mol. The number of primary amides is 1. The van der Waals surface area contributed by atoms with Gasteiger partial charge in [0.05, 0.1) is 31.0 Å². The fourth-order valence-electron chi connectivity index (χ4n) is 14.9. The number of hydrogen-bond donors (Lipinski definition) is 3. The quantitative estimate of drug-likeness (QED) is 0.326. The van der Waals surface area contributed by atoms with Gasteiger partial charge in [0, 0.05) is 24.5 Å². The second-order valence-corrected chi connectivity index (χ2v) is 19.6. The van der Waals surface area contributed by atoms with Crippen molar-refractivity contribution in [3.63, 3.8) is 0 Å². The minimum atomic E-state index is -0.747. The van der Waals surface area contributed by atoms with E-state index < -0.39 is 18.3 Å². The average Bonchev–Trinajstić information content (AvgIpc) is 3.70. The van der Waals surface area contributed by atoms with Gasteiger partial charge in [0.1, 0.15) is 6.10 Å². The molecule has 9 nitrogen and oxygen atoms in total. The molecule has 8 aliphatic rings. The third-order valence-electron chi connectivity index (χ3n) is 17.2. The number of hydrogen-bond acceptors (Lipinski definition) is 8. The number of carbonyl (C=O) groups excluding carboxylic acids is 1. The van der Waals surface area contributed by atoms with Gasteiger partial charge >= 0.3 is 6.09 Å². The second-order valence-electron chi connectivity index (χ2n) is 19.6. The summed E-state index contributed by atoms with van der Waals surface area (Å²) < 4.78 is 25.9. The first-order valence-corrected chi connectivity index (χ1v) is 20.2. The van der Waals surface area contributed by atoms with Crippen LogP contribution in [-0.4, -0.2) is 91.7 Å². The highest BCUT2D eigenvalue weighted by Gasteiger charge is 2.84. The molecule has 14 atom stereocenters. The Bertz CT molecular complexity index is 1270. The van der Waals surface area contributed by atoms with Gasteiger partial charge < -0.3 is 35.1 Å². The smallest absolute Gasteiger partial charge is 0.404 e. The van der Waals surface area contributed by atoms with Gasteiger partial charge in [-0.3, -0.25) is 4.90 Å². The molecule has 3 saturated heterocycles. The van der Waals surface area contributed by atoms with E-state index in [1.54, 1.807) is 0 Å². The van der Waals surface area contributed by atoms with Crippen LogP contribution in [0, 0.1) is 56.7 Å². The molecule has 1 amide bonds. The van der Waals surface area contributed by atoms with Crippen LogP contribution in [0.25, 0.3) is 0 Å². The highest BCUT2D eigenvalue weighted by Crippen LogP contribution is 2.89. The molecule has 8 fully saturated rings. The molecule has 2 spiro atoms. The lowest BCUT2D eigenvalue weighted by Crippen LogP contribution is -2.60. The van der Waals surface area contributed by atoms with Crippen LogP contribution in [0.3, 0.4) is 0 Å². The van der Waals surface area contributed by atoms with Gasteiger partial charge in [-0.2, -0.15) is 0 Å². The maximum atomic E-state index is 12.6. The summed E-state index contributed by atoms with van der Waals surface area (Å²) in [6.45, 7) is 21.3. The van der Waals surface area contributed by atoms with Crippen LogP contribution in [0.2, 0.25) is 0 Å². The van der Waals surface area contributed by atoms with Crippen LogP contribution in [0.1, 0.15) is 113 Å². The highest BCUT2D eigenvalue weighted by atomic mass is 16.7. The summed E-state index contributed by atoms with van der Waals surface area (Å²) in [6, 6.07) is 0.646. The largest absolute Gasteiger partial charge is 0.443 e. The number of amides is 1. The first kappa shape index (κ1) is 35.1. The standard InChI is InChI=1S/C40H67N3O6/c1-23(2)32(49-35(41)45)26-20-24(3)31-33(47-26)34(44)38(7)28-9-8-27-36(4,5)29(10-13-39(27)22-40(28,39)15-14-37(31,38)6)48-30-21-43(18-19-46-30)25-11-16-42-17-12-25/h23-34,42,44H,8-22H2,1-7H3,(H2,41,45)/t24-,26?,27+,28?,29+,30?,31+,32-,33?,34+,37-,38-,39-,40?/m1/s1. The van der Waals surface area contributed by atoms with Crippen LogP contribution < -0.4 is 11.1 Å². The minimum absolute atomic E-state index is 0.000294. The lowest BCUT2D eigenvalue weighted by atomic mass is 9.41. The highest BCUT2D eigenvalue weighted by molar-refractivity contribution is 5.64. The summed E-state index contributed by atoms with van der Waals surface area (Å²) in [5, 5.41) is 16.1. The van der Waals surface area contributed by atoms with Crippen molar-refractivity contribution >= 4 is 6.09 Å². The molecule has 3 heterocycles. The Morgan fingerprint density at radius 2 is 1.71 bits per heavy atom. The molecule has 9 heteroatoms. The molecule has 5 unspecified atom stereocenters. The number of fused-ring (bicyclic) bond motifs is 4. The van der Waals surface area contributed by atoms with E-state index in [0.29, 0.717) is 34.6 Å². The molecule has 0 aromatic rings. The molecule has 3 aliphatic heterocycles. The number of nitrogens with two attached hydrogens (primary N) is 1. The Kier molecular flexibility index (Phi) is 8.61. The summed E-state index contributed by atoms with van der Waals surface area (Å²) in [5.74, 6) is 1.85. The zero-order chi connectivity index (χ0) is 34.7. The number of piperidine rings is 1. The van der Waals surface area contributed by atoms with Gasteiger partial charge in [-0.1, -0.05) is 48.5 Å². The summed E-state index contributed by atoms with van der Waals surface area (Å²) >= 11 is 0. The fraction of sp³-hybridized carbons (Fsp3) is 0.975. The monoisotopic (exact) mass is 686 g/mol. The van der Waals surface area contributed by atoms with E-state index in [9.17, 15) is 9.90 Å². The molecule has 0 aromatic heterocycles. The summed E-state index contributed by atoms with van der Waals surface area (Å²) in [7, 11) is 0. The van der Waals surface area contributed by atoms with Crippen LogP contribution >= 0.6 is 0 Å². The van der Waals surface area contributed by atoms with Gasteiger partial charge in [-0.15, -0.1) is 0 Å². The molecule has 5 aliphatic carbocycles. The normalized spacial score (nSPS) is 51.5. The molecule has 0 radical (unpaired) electrons. The van der Waals surface area contributed by atoms with E-state index in [-0.39, 0.29) is 52.7 Å². The van der Waals surface area contributed by atoms with Crippen molar-refractivity contribution in [2.24, 2.45) is 62.4 Å². The maximum absolute atomic E-state index is 12.6. The minimum Gasteiger partial charge on any atom is -0.443 e. The van der Waals surface area contributed by atoms with E-state index in [1.165, 1.54) is 44.9 Å². The third-order valence-corrected chi connectivity index (χ3v) is 17.2. The number of nitrogens with one attached hydrogen (secondary N) is 1. The third kappa shape index (κ3) is 4.93. The number of aliphatic hydroxyl groups excluding tert-OH is 1. The number of aliphatic hydroxyl groups is 1. The predicted octanol–water partition coefficient (Wildman–Crippen LogP) is 5.72. The van der Waals surface area contributed by atoms with Crippen molar-refractivity contribution in [2.75, 3.05) is 32.8 Å². The summed E-state index contributed by atoms with van der Waals surface area (Å²) in [5.41, 5.74) is 6.01. The molecule has 5 saturated carbocycles. The molecule has 49 heavy (non-hydrogen) atoms. The number of ether oxygens (including phenoxy) is 4. The van der Waals surface area contributed by atoms with Crippen molar-refractivity contribution in [1.82, 2.24) is 10.2 Å². The Morgan fingerprint density at radius 1 is 1.00 bits per heavy atom. The van der Waals surface area contributed by atoms with Gasteiger partial charge in [0.25, 0.3) is 0 Å². The zero-order valence-corrected chi connectivity index (χ0v) is 31.5. The molecule has 0 bridgehead atoms. The van der Waals surface area contributed by atoms with Crippen molar-refractivity contribution in [3.8, 4) is 0 Å². The first-order chi connectivity index (χ1) is 23.2. The van der Waals surface area contributed by atoms with Gasteiger partial charge in [0.2, 0.25) is 0 Å². The SMILES string of the molecule is CC(C)[C@@H](OC(N)=O)C1C[C@@H](C)[C@H]2C(O1)[C@H](O)[C@@]1(C)C3CC[C@H]4C(C)(C)[C@@H](OC5CN(C6CCNCC6)CCO5)CC[C@@]45CC35CC[C@]21C. The van der Waals surface area contributed by atoms with E-state index >= 15 is 0 Å². The number of nitrogens with zero attached hydrogens (tertiary/aromatic N) is 1. The maximum Gasteiger partial charge on any atom is 0.404 e. The summed E-state index contributed by atoms with van der Waals surface area (Å²) in [6.07, 6.45) is 9.60. The summed E-state index contributed by atoms with van der Waals surface area (Å²) in [4.78, 5) is 14.5. The lowest BCUT2D eigenvalue weighted by Gasteiger charge is -2.64. The van der Waals surface area contributed by atoms with Crippen molar-refractivity contribution < 1.29 is 28.8 Å². The van der Waals surface area contributed by atoms with E-state index in [2.05, 4.69) is 58.7 Å². The van der Waals surface area contributed by atoms with Crippen molar-refractivity contribution in [2.45, 2.75) is 156 Å². The fourth-order valence-corrected chi connectivity index (χ4v) is 14.9. The van der Waals surface area contributed by atoms with E-state index in [0.717, 1.165) is 52.0 Å². The molecule has 0 aromatic carbocycles. The number of rotatable bonds is 6. The van der Waals surface area contributed by atoms with Crippen LogP contribution in [-0.2, 0) is 18.9 Å². The number of carbonyl (C=O) groups is 1. The van der Waals surface area contributed by atoms with Crippen molar-refractivity contribution in [3.05, 3.63) is 0 Å². The van der Waals surface area contributed by atoms with Crippen LogP contribution in [0.15, 0.2) is 0 Å². The zero-order valence-electron chi connectivity index (χ0n) is 31.5. The molecule has 278 valence electrons. The topological polar surface area (TPSA) is 116 Å². The van der Waals surface area contributed by atoms with E-state index in [4.69, 9.17) is 24.7 Å². The van der Waals surface area contributed by atoms with Crippen molar-refractivity contribution in [1.29, 1.82) is 0 Å². The first-order valence-electron chi connectivity index (χ1n) is 20.2. The molecular formula is C40H67N3O6. The Hall–Kier alpha value is -0.970. The molecule has 8 rings (SSSR count). The van der Waals surface area contributed by atoms with E-state index in [1.807, 2.05) is 0 Å². The lowest BCUT2D eigenvalue weighted by molar-refractivity contribution is -0.251. The number of morpholine rings is 1. The Labute approximate surface area is 295 Å². The van der Waals surface area contributed by atoms with Crippen LogP contribution in [0.4, 0.5) is 4.79 Å². The Balaban J connectivity index is 1.01. The average molecular weight is 686 g/mol. The van der Waals surface area contributed by atoms with Gasteiger partial charge in [-0.05, 0) is 129 Å². The van der Waals surface area contributed by atoms with Gasteiger partial charge in [0.15, 0.2) is 6.29 Å². The molecule has 4 N–H and O–H groups in total. The second kappa shape index (κ2) is 12.0. The molecular weight excluding hydrogens is 618 g/mol.